The van der Waals surface area contributed by atoms with Crippen LogP contribution in [0.1, 0.15) is 25.0 Å². The van der Waals surface area contributed by atoms with Crippen molar-refractivity contribution in [3.8, 4) is 0 Å². The largest absolute Gasteiger partial charge is 0.453 e. The first kappa shape index (κ1) is 21.6. The SMILES string of the molecule is COC(=O)N1CCc2ccc(NS(=O)(=O)c3ccc(NC(=O)C(C)C)cc3)cc2C1. The molecule has 8 nitrogen and oxygen atoms in total. The van der Waals surface area contributed by atoms with Crippen LogP contribution in [0.4, 0.5) is 16.2 Å². The average molecular weight is 432 g/mol. The van der Waals surface area contributed by atoms with Gasteiger partial charge in [-0.05, 0) is 53.9 Å². The fourth-order valence-corrected chi connectivity index (χ4v) is 4.17. The smallest absolute Gasteiger partial charge is 0.409 e. The van der Waals surface area contributed by atoms with Gasteiger partial charge in [-0.1, -0.05) is 19.9 Å². The van der Waals surface area contributed by atoms with Crippen molar-refractivity contribution in [1.29, 1.82) is 0 Å². The molecular weight excluding hydrogens is 406 g/mol. The van der Waals surface area contributed by atoms with E-state index in [-0.39, 0.29) is 16.7 Å². The zero-order valence-electron chi connectivity index (χ0n) is 17.1. The molecule has 0 atom stereocenters. The Bertz CT molecular complexity index is 1050. The van der Waals surface area contributed by atoms with Gasteiger partial charge in [-0.25, -0.2) is 13.2 Å². The number of nitrogens with zero attached hydrogens (tertiary/aromatic N) is 1. The maximum atomic E-state index is 12.7. The third-order valence-corrected chi connectivity index (χ3v) is 6.26. The number of sulfonamides is 1. The summed E-state index contributed by atoms with van der Waals surface area (Å²) in [6.07, 6.45) is 0.275. The Morgan fingerprint density at radius 2 is 1.70 bits per heavy atom. The molecule has 1 aliphatic rings. The minimum absolute atomic E-state index is 0.0824. The number of amides is 2. The fourth-order valence-electron chi connectivity index (χ4n) is 3.12. The van der Waals surface area contributed by atoms with Crippen LogP contribution in [0.3, 0.4) is 0 Å². The monoisotopic (exact) mass is 431 g/mol. The van der Waals surface area contributed by atoms with Crippen molar-refractivity contribution in [2.45, 2.75) is 31.7 Å². The number of methoxy groups -OCH3 is 1. The summed E-state index contributed by atoms with van der Waals surface area (Å²) in [4.78, 5) is 25.2. The van der Waals surface area contributed by atoms with Crippen LogP contribution in [0.25, 0.3) is 0 Å². The van der Waals surface area contributed by atoms with Gasteiger partial charge in [-0.15, -0.1) is 0 Å². The van der Waals surface area contributed by atoms with E-state index in [1.165, 1.54) is 19.2 Å². The standard InChI is InChI=1S/C21H25N3O5S/c1-14(2)20(25)22-17-6-8-19(9-7-17)30(27,28)23-18-5-4-15-10-11-24(21(26)29-3)13-16(15)12-18/h4-9,12,14,23H,10-11,13H2,1-3H3,(H,22,25). The molecule has 0 radical (unpaired) electrons. The molecule has 0 aliphatic carbocycles. The lowest BCUT2D eigenvalue weighted by Crippen LogP contribution is -2.35. The van der Waals surface area contributed by atoms with Crippen LogP contribution in [0, 0.1) is 5.92 Å². The summed E-state index contributed by atoms with van der Waals surface area (Å²) in [5.41, 5.74) is 2.89. The lowest BCUT2D eigenvalue weighted by atomic mass is 9.99. The van der Waals surface area contributed by atoms with Crippen molar-refractivity contribution in [2.24, 2.45) is 5.92 Å². The third-order valence-electron chi connectivity index (χ3n) is 4.86. The van der Waals surface area contributed by atoms with E-state index in [4.69, 9.17) is 4.74 Å². The first-order chi connectivity index (χ1) is 14.2. The number of ether oxygens (including phenoxy) is 1. The normalized spacial score (nSPS) is 13.5. The van der Waals surface area contributed by atoms with Crippen LogP contribution in [-0.4, -0.2) is 39.0 Å². The van der Waals surface area contributed by atoms with Crippen molar-refractivity contribution < 1.29 is 22.7 Å². The maximum Gasteiger partial charge on any atom is 0.409 e. The van der Waals surface area contributed by atoms with Gasteiger partial charge in [0.1, 0.15) is 0 Å². The quantitative estimate of drug-likeness (QED) is 0.756. The number of carbonyl (C=O) groups excluding carboxylic acids is 2. The first-order valence-corrected chi connectivity index (χ1v) is 11.1. The lowest BCUT2D eigenvalue weighted by molar-refractivity contribution is -0.118. The highest BCUT2D eigenvalue weighted by Gasteiger charge is 2.22. The number of rotatable bonds is 5. The Balaban J connectivity index is 1.74. The molecule has 0 unspecified atom stereocenters. The highest BCUT2D eigenvalue weighted by molar-refractivity contribution is 7.92. The van der Waals surface area contributed by atoms with Gasteiger partial charge in [0, 0.05) is 30.4 Å². The van der Waals surface area contributed by atoms with E-state index in [0.717, 1.165) is 11.1 Å². The Morgan fingerprint density at radius 1 is 1.03 bits per heavy atom. The zero-order valence-corrected chi connectivity index (χ0v) is 18.0. The molecule has 0 saturated carbocycles. The molecule has 2 N–H and O–H groups in total. The van der Waals surface area contributed by atoms with Gasteiger partial charge in [0.2, 0.25) is 5.91 Å². The first-order valence-electron chi connectivity index (χ1n) is 9.58. The average Bonchev–Trinajstić information content (AvgIpc) is 2.72. The third kappa shape index (κ3) is 4.91. The molecule has 2 aromatic rings. The molecule has 3 rings (SSSR count). The molecule has 0 bridgehead atoms. The van der Waals surface area contributed by atoms with Crippen molar-refractivity contribution in [3.05, 3.63) is 53.6 Å². The highest BCUT2D eigenvalue weighted by Crippen LogP contribution is 2.25. The number of nitrogens with one attached hydrogen (secondary N) is 2. The van der Waals surface area contributed by atoms with E-state index >= 15 is 0 Å². The van der Waals surface area contributed by atoms with Crippen LogP contribution in [0.2, 0.25) is 0 Å². The second-order valence-corrected chi connectivity index (χ2v) is 9.08. The van der Waals surface area contributed by atoms with Gasteiger partial charge < -0.3 is 15.0 Å². The molecule has 30 heavy (non-hydrogen) atoms. The lowest BCUT2D eigenvalue weighted by Gasteiger charge is -2.28. The number of hydrogen-bond acceptors (Lipinski definition) is 5. The summed E-state index contributed by atoms with van der Waals surface area (Å²) in [6, 6.07) is 11.3. The van der Waals surface area contributed by atoms with Crippen LogP contribution < -0.4 is 10.0 Å². The number of benzene rings is 2. The molecule has 0 saturated heterocycles. The predicted molar refractivity (Wildman–Crippen MR) is 114 cm³/mol. The van der Waals surface area contributed by atoms with E-state index in [1.807, 2.05) is 6.07 Å². The molecule has 1 heterocycles. The topological polar surface area (TPSA) is 105 Å². The Labute approximate surface area is 176 Å². The van der Waals surface area contributed by atoms with E-state index in [1.54, 1.807) is 43.0 Å². The summed E-state index contributed by atoms with van der Waals surface area (Å²) in [5, 5.41) is 2.73. The Morgan fingerprint density at radius 3 is 2.33 bits per heavy atom. The summed E-state index contributed by atoms with van der Waals surface area (Å²) >= 11 is 0. The minimum Gasteiger partial charge on any atom is -0.453 e. The van der Waals surface area contributed by atoms with Crippen LogP contribution in [-0.2, 0) is 32.5 Å². The molecule has 9 heteroatoms. The summed E-state index contributed by atoms with van der Waals surface area (Å²) in [7, 11) is -2.47. The molecule has 0 spiro atoms. The highest BCUT2D eigenvalue weighted by atomic mass is 32.2. The number of anilines is 2. The van der Waals surface area contributed by atoms with Gasteiger partial charge in [0.05, 0.1) is 12.0 Å². The van der Waals surface area contributed by atoms with Crippen molar-refractivity contribution in [2.75, 3.05) is 23.7 Å². The second-order valence-electron chi connectivity index (χ2n) is 7.40. The van der Waals surface area contributed by atoms with E-state index in [2.05, 4.69) is 10.0 Å². The summed E-state index contributed by atoms with van der Waals surface area (Å²) in [6.45, 7) is 4.48. The van der Waals surface area contributed by atoms with E-state index < -0.39 is 16.1 Å². The number of carbonyl (C=O) groups is 2. The molecule has 0 aromatic heterocycles. The molecule has 2 amide bonds. The van der Waals surface area contributed by atoms with Gasteiger partial charge in [0.15, 0.2) is 0 Å². The predicted octanol–water partition coefficient (Wildman–Crippen LogP) is 3.21. The second kappa shape index (κ2) is 8.74. The van der Waals surface area contributed by atoms with Gasteiger partial charge >= 0.3 is 6.09 Å². The van der Waals surface area contributed by atoms with Gasteiger partial charge in [-0.2, -0.15) is 0 Å². The molecule has 1 aliphatic heterocycles. The van der Waals surface area contributed by atoms with Crippen LogP contribution in [0.15, 0.2) is 47.4 Å². The molecular formula is C21H25N3O5S. The van der Waals surface area contributed by atoms with Crippen molar-refractivity contribution >= 4 is 33.4 Å². The number of hydrogen-bond donors (Lipinski definition) is 2. The van der Waals surface area contributed by atoms with Gasteiger partial charge in [0.25, 0.3) is 10.0 Å². The van der Waals surface area contributed by atoms with Crippen molar-refractivity contribution in [3.63, 3.8) is 0 Å². The number of fused-ring (bicyclic) bond motifs is 1. The Hall–Kier alpha value is -3.07. The maximum absolute atomic E-state index is 12.7. The molecule has 0 fully saturated rings. The van der Waals surface area contributed by atoms with Crippen LogP contribution >= 0.6 is 0 Å². The zero-order chi connectivity index (χ0) is 21.9. The summed E-state index contributed by atoms with van der Waals surface area (Å²) in [5.74, 6) is -0.312. The Kier molecular flexibility index (Phi) is 6.31. The minimum atomic E-state index is -3.80. The fraction of sp³-hybridized carbons (Fsp3) is 0.333. The molecule has 2 aromatic carbocycles. The van der Waals surface area contributed by atoms with E-state index in [9.17, 15) is 18.0 Å². The van der Waals surface area contributed by atoms with Crippen LogP contribution in [0.5, 0.6) is 0 Å². The van der Waals surface area contributed by atoms with E-state index in [0.29, 0.717) is 30.9 Å². The summed E-state index contributed by atoms with van der Waals surface area (Å²) < 4.78 is 32.8. The van der Waals surface area contributed by atoms with Gasteiger partial charge in [-0.3, -0.25) is 9.52 Å². The molecule has 160 valence electrons. The van der Waals surface area contributed by atoms with Crippen molar-refractivity contribution in [1.82, 2.24) is 4.90 Å².